The fourth-order valence-electron chi connectivity index (χ4n) is 3.93. The van der Waals surface area contributed by atoms with E-state index in [1.165, 1.54) is 11.6 Å². The summed E-state index contributed by atoms with van der Waals surface area (Å²) >= 11 is 0. The van der Waals surface area contributed by atoms with E-state index in [2.05, 4.69) is 53.7 Å². The molecule has 0 aromatic heterocycles. The Hall–Kier alpha value is -2.35. The molecule has 2 aromatic carbocycles. The second-order valence-electron chi connectivity index (χ2n) is 8.88. The first-order valence-corrected chi connectivity index (χ1v) is 9.68. The van der Waals surface area contributed by atoms with Crippen LogP contribution < -0.4 is 4.74 Å². The van der Waals surface area contributed by atoms with Crippen LogP contribution in [-0.4, -0.2) is 5.97 Å². The standard InChI is InChI=1S/C25H32O2/c1-7-25(5,6)23(24(2,3)4)20-14-16-21(17-15-20)27-22(26)18-13-19-11-9-8-10-12-19/h8-18,23H,7H2,1-6H3/b18-13+. The van der Waals surface area contributed by atoms with Gasteiger partial charge in [0, 0.05) is 6.08 Å². The Labute approximate surface area is 164 Å². The number of hydrogen-bond acceptors (Lipinski definition) is 2. The molecule has 2 rings (SSSR count). The molecule has 144 valence electrons. The third-order valence-electron chi connectivity index (χ3n) is 5.20. The molecule has 0 aliphatic heterocycles. The summed E-state index contributed by atoms with van der Waals surface area (Å²) < 4.78 is 5.44. The van der Waals surface area contributed by atoms with Crippen LogP contribution in [0.1, 0.15) is 65.0 Å². The SMILES string of the molecule is CCC(C)(C)C(c1ccc(OC(=O)/C=C/c2ccccc2)cc1)C(C)(C)C. The lowest BCUT2D eigenvalue weighted by molar-refractivity contribution is -0.128. The van der Waals surface area contributed by atoms with Crippen molar-refractivity contribution in [1.29, 1.82) is 0 Å². The third-order valence-corrected chi connectivity index (χ3v) is 5.20. The van der Waals surface area contributed by atoms with E-state index in [-0.39, 0.29) is 16.8 Å². The Morgan fingerprint density at radius 1 is 0.963 bits per heavy atom. The Kier molecular flexibility index (Phi) is 6.64. The largest absolute Gasteiger partial charge is 0.423 e. The first-order valence-electron chi connectivity index (χ1n) is 9.68. The predicted octanol–water partition coefficient (Wildman–Crippen LogP) is 6.87. The van der Waals surface area contributed by atoms with E-state index in [0.717, 1.165) is 12.0 Å². The molecule has 0 N–H and O–H groups in total. The molecule has 2 heteroatoms. The summed E-state index contributed by atoms with van der Waals surface area (Å²) in [5.74, 6) is 0.619. The second-order valence-corrected chi connectivity index (χ2v) is 8.88. The lowest BCUT2D eigenvalue weighted by atomic mass is 9.62. The molecule has 0 aliphatic rings. The van der Waals surface area contributed by atoms with Gasteiger partial charge in [-0.15, -0.1) is 0 Å². The monoisotopic (exact) mass is 364 g/mol. The van der Waals surface area contributed by atoms with E-state index in [1.54, 1.807) is 6.08 Å². The van der Waals surface area contributed by atoms with Crippen molar-refractivity contribution < 1.29 is 9.53 Å². The van der Waals surface area contributed by atoms with Gasteiger partial charge >= 0.3 is 5.97 Å². The Morgan fingerprint density at radius 3 is 2.07 bits per heavy atom. The quantitative estimate of drug-likeness (QED) is 0.317. The minimum absolute atomic E-state index is 0.149. The first-order chi connectivity index (χ1) is 12.6. The lowest BCUT2D eigenvalue weighted by Gasteiger charge is -2.43. The highest BCUT2D eigenvalue weighted by Crippen LogP contribution is 2.49. The number of esters is 1. The molecule has 1 atom stereocenters. The van der Waals surface area contributed by atoms with Crippen molar-refractivity contribution >= 4 is 12.0 Å². The Bertz CT molecular complexity index is 762. The molecule has 0 aliphatic carbocycles. The molecule has 0 bridgehead atoms. The van der Waals surface area contributed by atoms with Gasteiger partial charge in [-0.05, 0) is 46.1 Å². The molecule has 0 radical (unpaired) electrons. The number of ether oxygens (including phenoxy) is 1. The van der Waals surface area contributed by atoms with Crippen LogP contribution in [0.4, 0.5) is 0 Å². The molecule has 0 amide bonds. The second kappa shape index (κ2) is 8.56. The van der Waals surface area contributed by atoms with Crippen molar-refractivity contribution in [3.8, 4) is 5.75 Å². The van der Waals surface area contributed by atoms with Crippen LogP contribution in [0, 0.1) is 10.8 Å². The van der Waals surface area contributed by atoms with Crippen LogP contribution >= 0.6 is 0 Å². The topological polar surface area (TPSA) is 26.3 Å². The summed E-state index contributed by atoms with van der Waals surface area (Å²) in [6, 6.07) is 17.7. The summed E-state index contributed by atoms with van der Waals surface area (Å²) in [6.07, 6.45) is 4.33. The maximum absolute atomic E-state index is 12.1. The van der Waals surface area contributed by atoms with E-state index in [4.69, 9.17) is 4.74 Å². The van der Waals surface area contributed by atoms with Crippen molar-refractivity contribution in [1.82, 2.24) is 0 Å². The molecular weight excluding hydrogens is 332 g/mol. The molecular formula is C25H32O2. The van der Waals surface area contributed by atoms with Crippen LogP contribution in [0.5, 0.6) is 5.75 Å². The van der Waals surface area contributed by atoms with Gasteiger partial charge in [0.25, 0.3) is 0 Å². The van der Waals surface area contributed by atoms with Crippen LogP contribution in [0.2, 0.25) is 0 Å². The van der Waals surface area contributed by atoms with Gasteiger partial charge in [0.05, 0.1) is 0 Å². The average molecular weight is 365 g/mol. The summed E-state index contributed by atoms with van der Waals surface area (Å²) in [5, 5.41) is 0. The van der Waals surface area contributed by atoms with Gasteiger partial charge in [0.1, 0.15) is 5.75 Å². The Balaban J connectivity index is 2.12. The molecule has 1 unspecified atom stereocenters. The summed E-state index contributed by atoms with van der Waals surface area (Å²) in [5.41, 5.74) is 2.60. The normalized spacial score (nSPS) is 13.6. The zero-order valence-electron chi connectivity index (χ0n) is 17.5. The maximum Gasteiger partial charge on any atom is 0.336 e. The van der Waals surface area contributed by atoms with Gasteiger partial charge in [-0.25, -0.2) is 4.79 Å². The molecule has 0 saturated heterocycles. The number of carbonyl (C=O) groups is 1. The zero-order chi connectivity index (χ0) is 20.1. The van der Waals surface area contributed by atoms with Gasteiger partial charge in [-0.1, -0.05) is 90.4 Å². The Morgan fingerprint density at radius 2 is 1.56 bits per heavy atom. The summed E-state index contributed by atoms with van der Waals surface area (Å²) in [4.78, 5) is 12.1. The van der Waals surface area contributed by atoms with Gasteiger partial charge in [-0.3, -0.25) is 0 Å². The van der Waals surface area contributed by atoms with Crippen molar-refractivity contribution in [2.24, 2.45) is 10.8 Å². The number of rotatable bonds is 6. The van der Waals surface area contributed by atoms with Gasteiger partial charge in [0.2, 0.25) is 0 Å². The van der Waals surface area contributed by atoms with Gasteiger partial charge in [-0.2, -0.15) is 0 Å². The fourth-order valence-corrected chi connectivity index (χ4v) is 3.93. The van der Waals surface area contributed by atoms with Crippen molar-refractivity contribution in [2.45, 2.75) is 53.9 Å². The highest BCUT2D eigenvalue weighted by molar-refractivity contribution is 5.88. The molecule has 0 heterocycles. The molecule has 2 aromatic rings. The maximum atomic E-state index is 12.1. The van der Waals surface area contributed by atoms with E-state index < -0.39 is 0 Å². The number of benzene rings is 2. The van der Waals surface area contributed by atoms with E-state index in [0.29, 0.717) is 11.7 Å². The first kappa shape index (κ1) is 21.0. The third kappa shape index (κ3) is 5.82. The highest BCUT2D eigenvalue weighted by Gasteiger charge is 2.37. The van der Waals surface area contributed by atoms with Crippen LogP contribution in [0.25, 0.3) is 6.08 Å². The molecule has 0 saturated carbocycles. The molecule has 2 nitrogen and oxygen atoms in total. The van der Waals surface area contributed by atoms with Crippen LogP contribution in [-0.2, 0) is 4.79 Å². The smallest absolute Gasteiger partial charge is 0.336 e. The minimum Gasteiger partial charge on any atom is -0.423 e. The van der Waals surface area contributed by atoms with Crippen molar-refractivity contribution in [2.75, 3.05) is 0 Å². The van der Waals surface area contributed by atoms with Gasteiger partial charge in [0.15, 0.2) is 0 Å². The highest BCUT2D eigenvalue weighted by atomic mass is 16.5. The predicted molar refractivity (Wildman–Crippen MR) is 114 cm³/mol. The molecule has 0 fully saturated rings. The van der Waals surface area contributed by atoms with E-state index in [9.17, 15) is 4.79 Å². The van der Waals surface area contributed by atoms with Crippen LogP contribution in [0.15, 0.2) is 60.7 Å². The number of hydrogen-bond donors (Lipinski definition) is 0. The zero-order valence-corrected chi connectivity index (χ0v) is 17.5. The molecule has 0 spiro atoms. The number of carbonyl (C=O) groups excluding carboxylic acids is 1. The summed E-state index contributed by atoms with van der Waals surface area (Å²) in [7, 11) is 0. The fraction of sp³-hybridized carbons (Fsp3) is 0.400. The summed E-state index contributed by atoms with van der Waals surface area (Å²) in [6.45, 7) is 13.8. The van der Waals surface area contributed by atoms with Crippen molar-refractivity contribution in [3.63, 3.8) is 0 Å². The van der Waals surface area contributed by atoms with E-state index in [1.807, 2.05) is 42.5 Å². The minimum atomic E-state index is -0.368. The van der Waals surface area contributed by atoms with E-state index >= 15 is 0 Å². The van der Waals surface area contributed by atoms with Crippen molar-refractivity contribution in [3.05, 3.63) is 71.8 Å². The molecule has 27 heavy (non-hydrogen) atoms. The average Bonchev–Trinajstić information content (AvgIpc) is 2.61. The van der Waals surface area contributed by atoms with Crippen LogP contribution in [0.3, 0.4) is 0 Å². The van der Waals surface area contributed by atoms with Gasteiger partial charge < -0.3 is 4.74 Å². The lowest BCUT2D eigenvalue weighted by Crippen LogP contribution is -2.32.